The van der Waals surface area contributed by atoms with Gasteiger partial charge in [-0.25, -0.2) is 0 Å². The van der Waals surface area contributed by atoms with Crippen LogP contribution in [0.4, 0.5) is 0 Å². The molecule has 2 aromatic carbocycles. The maximum atomic E-state index is 12.7. The van der Waals surface area contributed by atoms with Gasteiger partial charge in [0.25, 0.3) is 11.8 Å². The number of amides is 2. The highest BCUT2D eigenvalue weighted by atomic mass is 32.2. The molecular weight excluding hydrogens is 388 g/mol. The Morgan fingerprint density at radius 3 is 1.79 bits per heavy atom. The second kappa shape index (κ2) is 8.71. The lowest BCUT2D eigenvalue weighted by atomic mass is 10.1. The molecule has 2 amide bonds. The van der Waals surface area contributed by atoms with E-state index >= 15 is 0 Å². The molecule has 1 aliphatic heterocycles. The van der Waals surface area contributed by atoms with Crippen LogP contribution in [0, 0.1) is 6.92 Å². The Balaban J connectivity index is 1.83. The molecule has 0 atom stereocenters. The van der Waals surface area contributed by atoms with E-state index in [4.69, 9.17) is 12.2 Å². The first-order chi connectivity index (χ1) is 13.4. The van der Waals surface area contributed by atoms with Crippen molar-refractivity contribution in [2.45, 2.75) is 30.6 Å². The zero-order valence-corrected chi connectivity index (χ0v) is 17.8. The summed E-state index contributed by atoms with van der Waals surface area (Å²) in [6.45, 7) is 6.64. The van der Waals surface area contributed by atoms with Crippen LogP contribution < -0.4 is 0 Å². The van der Waals surface area contributed by atoms with E-state index in [1.54, 1.807) is 17.8 Å². The van der Waals surface area contributed by atoms with Gasteiger partial charge < -0.3 is 0 Å². The van der Waals surface area contributed by atoms with Crippen molar-refractivity contribution in [1.29, 1.82) is 0 Å². The Morgan fingerprint density at radius 2 is 1.32 bits per heavy atom. The van der Waals surface area contributed by atoms with Gasteiger partial charge in [0.15, 0.2) is 5.11 Å². The Hall–Kier alpha value is -2.44. The molecule has 0 radical (unpaired) electrons. The minimum absolute atomic E-state index is 0.149. The molecule has 4 nitrogen and oxygen atoms in total. The zero-order chi connectivity index (χ0) is 20.3. The predicted molar refractivity (Wildman–Crippen MR) is 117 cm³/mol. The average molecular weight is 411 g/mol. The molecule has 0 N–H and O–H groups in total. The van der Waals surface area contributed by atoms with Crippen molar-refractivity contribution < 1.29 is 9.59 Å². The average Bonchev–Trinajstić information content (AvgIpc) is 2.69. The van der Waals surface area contributed by atoms with Crippen molar-refractivity contribution in [2.75, 3.05) is 13.1 Å². The standard InChI is InChI=1S/C22H22N2O2S2/c1-4-23-20(25)19(21(26)24(5-2)22(23)27)14-16-8-12-18(13-9-16)28-17-10-6-15(3)7-11-17/h6-14H,4-5H2,1-3H3. The van der Waals surface area contributed by atoms with Gasteiger partial charge in [0, 0.05) is 22.9 Å². The molecule has 1 fully saturated rings. The van der Waals surface area contributed by atoms with E-state index in [0.29, 0.717) is 13.1 Å². The van der Waals surface area contributed by atoms with E-state index in [0.717, 1.165) is 10.5 Å². The largest absolute Gasteiger partial charge is 0.285 e. The predicted octanol–water partition coefficient (Wildman–Crippen LogP) is 4.53. The van der Waals surface area contributed by atoms with Crippen LogP contribution in [0.5, 0.6) is 0 Å². The number of likely N-dealkylation sites (N-methyl/N-ethyl adjacent to an activating group) is 2. The fraction of sp³-hybridized carbons (Fsp3) is 0.227. The highest BCUT2D eigenvalue weighted by molar-refractivity contribution is 7.99. The number of benzene rings is 2. The van der Waals surface area contributed by atoms with E-state index in [1.165, 1.54) is 20.3 Å². The molecule has 1 heterocycles. The van der Waals surface area contributed by atoms with Crippen molar-refractivity contribution in [1.82, 2.24) is 9.80 Å². The monoisotopic (exact) mass is 410 g/mol. The van der Waals surface area contributed by atoms with Crippen LogP contribution in [0.3, 0.4) is 0 Å². The highest BCUT2D eigenvalue weighted by Gasteiger charge is 2.37. The van der Waals surface area contributed by atoms with Gasteiger partial charge in [0.2, 0.25) is 0 Å². The number of thiocarbonyl (C=S) groups is 1. The normalized spacial score (nSPS) is 14.7. The molecule has 0 spiro atoms. The molecule has 1 saturated heterocycles. The molecule has 0 unspecified atom stereocenters. The minimum Gasteiger partial charge on any atom is -0.285 e. The Morgan fingerprint density at radius 1 is 0.857 bits per heavy atom. The van der Waals surface area contributed by atoms with E-state index in [1.807, 2.05) is 38.1 Å². The van der Waals surface area contributed by atoms with Crippen LogP contribution >= 0.6 is 24.0 Å². The van der Waals surface area contributed by atoms with Crippen molar-refractivity contribution in [3.8, 4) is 0 Å². The molecule has 3 rings (SSSR count). The van der Waals surface area contributed by atoms with Gasteiger partial charge in [-0.05, 0) is 68.9 Å². The van der Waals surface area contributed by atoms with Crippen LogP contribution in [-0.4, -0.2) is 39.8 Å². The molecule has 144 valence electrons. The first-order valence-electron chi connectivity index (χ1n) is 9.18. The van der Waals surface area contributed by atoms with Crippen molar-refractivity contribution >= 4 is 47.0 Å². The van der Waals surface area contributed by atoms with Gasteiger partial charge in [-0.3, -0.25) is 19.4 Å². The van der Waals surface area contributed by atoms with Crippen LogP contribution in [0.2, 0.25) is 0 Å². The van der Waals surface area contributed by atoms with Gasteiger partial charge in [0.1, 0.15) is 5.57 Å². The summed E-state index contributed by atoms with van der Waals surface area (Å²) < 4.78 is 0. The summed E-state index contributed by atoms with van der Waals surface area (Å²) in [5.41, 5.74) is 2.19. The number of carbonyl (C=O) groups is 2. The maximum absolute atomic E-state index is 12.7. The van der Waals surface area contributed by atoms with Crippen LogP contribution in [0.15, 0.2) is 63.9 Å². The van der Waals surface area contributed by atoms with E-state index in [2.05, 4.69) is 31.2 Å². The molecule has 0 aromatic heterocycles. The highest BCUT2D eigenvalue weighted by Crippen LogP contribution is 2.28. The molecule has 2 aromatic rings. The Kier molecular flexibility index (Phi) is 6.31. The summed E-state index contributed by atoms with van der Waals surface area (Å²) in [5.74, 6) is -0.666. The number of aryl methyl sites for hydroxylation is 1. The first kappa shape index (κ1) is 20.3. The Labute approximate surface area is 175 Å². The first-order valence-corrected chi connectivity index (χ1v) is 10.4. The molecule has 1 aliphatic rings. The molecule has 0 aliphatic carbocycles. The van der Waals surface area contributed by atoms with E-state index in [-0.39, 0.29) is 22.5 Å². The van der Waals surface area contributed by atoms with Crippen LogP contribution in [0.25, 0.3) is 6.08 Å². The van der Waals surface area contributed by atoms with Gasteiger partial charge >= 0.3 is 0 Å². The summed E-state index contributed by atoms with van der Waals surface area (Å²) in [6, 6.07) is 16.2. The van der Waals surface area contributed by atoms with E-state index in [9.17, 15) is 9.59 Å². The molecule has 28 heavy (non-hydrogen) atoms. The number of rotatable bonds is 5. The smallest absolute Gasteiger partial charge is 0.265 e. The number of nitrogens with zero attached hydrogens (tertiary/aromatic N) is 2. The lowest BCUT2D eigenvalue weighted by Gasteiger charge is -2.35. The zero-order valence-electron chi connectivity index (χ0n) is 16.1. The van der Waals surface area contributed by atoms with Crippen molar-refractivity contribution in [2.24, 2.45) is 0 Å². The van der Waals surface area contributed by atoms with E-state index < -0.39 is 0 Å². The van der Waals surface area contributed by atoms with Crippen LogP contribution in [0.1, 0.15) is 25.0 Å². The number of hydrogen-bond acceptors (Lipinski definition) is 4. The third kappa shape index (κ3) is 4.18. The number of hydrogen-bond donors (Lipinski definition) is 0. The molecule has 0 saturated carbocycles. The lowest BCUT2D eigenvalue weighted by molar-refractivity contribution is -0.133. The van der Waals surface area contributed by atoms with Crippen molar-refractivity contribution in [3.05, 3.63) is 65.2 Å². The van der Waals surface area contributed by atoms with Gasteiger partial charge in [-0.2, -0.15) is 0 Å². The second-order valence-corrected chi connectivity index (χ2v) is 7.94. The summed E-state index contributed by atoms with van der Waals surface area (Å²) in [6.07, 6.45) is 1.65. The fourth-order valence-electron chi connectivity index (χ4n) is 2.92. The second-order valence-electron chi connectivity index (χ2n) is 6.42. The van der Waals surface area contributed by atoms with Gasteiger partial charge in [-0.15, -0.1) is 0 Å². The SMILES string of the molecule is CCN1C(=O)C(=Cc2ccc(Sc3ccc(C)cc3)cc2)C(=O)N(CC)C1=S. The van der Waals surface area contributed by atoms with Gasteiger partial charge in [-0.1, -0.05) is 41.6 Å². The van der Waals surface area contributed by atoms with Crippen molar-refractivity contribution in [3.63, 3.8) is 0 Å². The van der Waals surface area contributed by atoms with Crippen LogP contribution in [-0.2, 0) is 9.59 Å². The minimum atomic E-state index is -0.333. The Bertz CT molecular complexity index is 906. The lowest BCUT2D eigenvalue weighted by Crippen LogP contribution is -2.55. The third-order valence-electron chi connectivity index (χ3n) is 4.49. The molecular formula is C22H22N2O2S2. The third-order valence-corrected chi connectivity index (χ3v) is 5.95. The quantitative estimate of drug-likeness (QED) is 0.413. The molecule has 0 bridgehead atoms. The fourth-order valence-corrected chi connectivity index (χ4v) is 4.16. The summed E-state index contributed by atoms with van der Waals surface area (Å²) in [5, 5.41) is 0.280. The number of carbonyl (C=O) groups excluding carboxylic acids is 2. The maximum Gasteiger partial charge on any atom is 0.265 e. The topological polar surface area (TPSA) is 40.6 Å². The van der Waals surface area contributed by atoms with Gasteiger partial charge in [0.05, 0.1) is 0 Å². The summed E-state index contributed by atoms with van der Waals surface area (Å²) in [4.78, 5) is 30.6. The summed E-state index contributed by atoms with van der Waals surface area (Å²) in [7, 11) is 0. The summed E-state index contributed by atoms with van der Waals surface area (Å²) >= 11 is 6.96. The molecule has 6 heteroatoms.